The lowest BCUT2D eigenvalue weighted by Crippen LogP contribution is -2.40. The molecule has 0 aromatic carbocycles. The highest BCUT2D eigenvalue weighted by atomic mass is 32.2. The fourth-order valence-corrected chi connectivity index (χ4v) is 4.82. The van der Waals surface area contributed by atoms with Crippen LogP contribution in [0.15, 0.2) is 6.07 Å². The Morgan fingerprint density at radius 1 is 1.55 bits per heavy atom. The van der Waals surface area contributed by atoms with Gasteiger partial charge in [0.1, 0.15) is 0 Å². The van der Waals surface area contributed by atoms with Gasteiger partial charge in [0.15, 0.2) is 9.84 Å². The van der Waals surface area contributed by atoms with Gasteiger partial charge in [0.25, 0.3) is 0 Å². The molecule has 124 valence electrons. The summed E-state index contributed by atoms with van der Waals surface area (Å²) in [4.78, 5) is 16.4. The number of urea groups is 1. The lowest BCUT2D eigenvalue weighted by molar-refractivity contribution is 0.205. The number of carbonyl (C=O) groups excluding carboxylic acids is 1. The maximum atomic E-state index is 12.3. The third-order valence-electron chi connectivity index (χ3n) is 4.17. The Labute approximate surface area is 136 Å². The van der Waals surface area contributed by atoms with Crippen LogP contribution in [0.4, 0.5) is 4.79 Å². The molecule has 0 aliphatic carbocycles. The van der Waals surface area contributed by atoms with Crippen LogP contribution in [0.3, 0.4) is 0 Å². The van der Waals surface area contributed by atoms with Crippen molar-refractivity contribution in [2.45, 2.75) is 44.9 Å². The highest BCUT2D eigenvalue weighted by molar-refractivity contribution is 7.91. The van der Waals surface area contributed by atoms with Crippen LogP contribution in [0.5, 0.6) is 0 Å². The Morgan fingerprint density at radius 3 is 2.73 bits per heavy atom. The lowest BCUT2D eigenvalue weighted by Gasteiger charge is -2.20. The van der Waals surface area contributed by atoms with Gasteiger partial charge in [-0.2, -0.15) is 0 Å². The molecule has 5 nitrogen and oxygen atoms in total. The zero-order chi connectivity index (χ0) is 16.5. The Kier molecular flexibility index (Phi) is 5.17. The molecule has 7 heteroatoms. The largest absolute Gasteiger partial charge is 0.331 e. The number of hydrogen-bond donors (Lipinski definition) is 1. The zero-order valence-corrected chi connectivity index (χ0v) is 15.2. The van der Waals surface area contributed by atoms with Gasteiger partial charge in [-0.1, -0.05) is 6.92 Å². The maximum Gasteiger partial charge on any atom is 0.317 e. The molecule has 2 amide bonds. The van der Waals surface area contributed by atoms with Crippen molar-refractivity contribution in [3.8, 4) is 0 Å². The normalized spacial score (nSPS) is 20.2. The minimum Gasteiger partial charge on any atom is -0.331 e. The molecule has 1 aliphatic heterocycles. The van der Waals surface area contributed by atoms with Gasteiger partial charge in [-0.3, -0.25) is 0 Å². The van der Waals surface area contributed by atoms with Crippen molar-refractivity contribution in [3.05, 3.63) is 21.4 Å². The number of sulfone groups is 1. The molecule has 1 aliphatic rings. The summed E-state index contributed by atoms with van der Waals surface area (Å²) in [6.07, 6.45) is 2.76. The summed E-state index contributed by atoms with van der Waals surface area (Å²) < 4.78 is 23.1. The van der Waals surface area contributed by atoms with Crippen molar-refractivity contribution in [2.24, 2.45) is 0 Å². The van der Waals surface area contributed by atoms with Gasteiger partial charge in [-0.05, 0) is 38.3 Å². The summed E-state index contributed by atoms with van der Waals surface area (Å²) in [5.74, 6) is 0. The number of thiophene rings is 1. The molecular formula is C15H24N2O3S2. The fourth-order valence-electron chi connectivity index (χ4n) is 2.72. The number of rotatable bonds is 4. The summed E-state index contributed by atoms with van der Waals surface area (Å²) in [5.41, 5.74) is 1.27. The maximum absolute atomic E-state index is 12.3. The number of likely N-dealkylation sites (tertiary alicyclic amines) is 1. The molecule has 1 N–H and O–H groups in total. The Hall–Kier alpha value is -1.08. The van der Waals surface area contributed by atoms with Crippen LogP contribution < -0.4 is 5.32 Å². The van der Waals surface area contributed by atoms with Crippen LogP contribution in [-0.2, 0) is 16.3 Å². The topological polar surface area (TPSA) is 66.5 Å². The van der Waals surface area contributed by atoms with Gasteiger partial charge in [-0.15, -0.1) is 11.3 Å². The van der Waals surface area contributed by atoms with Gasteiger partial charge in [0.05, 0.1) is 11.3 Å². The number of nitrogens with one attached hydrogen (secondary N) is 1. The number of carbonyl (C=O) groups is 1. The molecule has 0 bridgehead atoms. The summed E-state index contributed by atoms with van der Waals surface area (Å²) in [7, 11) is -3.07. The van der Waals surface area contributed by atoms with Crippen molar-refractivity contribution >= 4 is 27.2 Å². The van der Waals surface area contributed by atoms with Crippen LogP contribution >= 0.6 is 11.3 Å². The number of aryl methyl sites for hydroxylation is 2. The van der Waals surface area contributed by atoms with Crippen molar-refractivity contribution < 1.29 is 13.2 Å². The van der Waals surface area contributed by atoms with E-state index in [1.54, 1.807) is 16.2 Å². The Balaban J connectivity index is 1.97. The second kappa shape index (κ2) is 6.58. The van der Waals surface area contributed by atoms with Gasteiger partial charge in [0, 0.05) is 29.1 Å². The molecule has 1 fully saturated rings. The molecule has 2 heterocycles. The van der Waals surface area contributed by atoms with E-state index < -0.39 is 15.1 Å². The van der Waals surface area contributed by atoms with Crippen LogP contribution in [0.25, 0.3) is 0 Å². The van der Waals surface area contributed by atoms with Crippen molar-refractivity contribution in [3.63, 3.8) is 0 Å². The van der Waals surface area contributed by atoms with Crippen molar-refractivity contribution in [2.75, 3.05) is 19.3 Å². The van der Waals surface area contributed by atoms with E-state index in [-0.39, 0.29) is 12.1 Å². The molecule has 1 saturated heterocycles. The second-order valence-corrected chi connectivity index (χ2v) is 9.46. The summed E-state index contributed by atoms with van der Waals surface area (Å²) in [5, 5.41) is 2.55. The van der Waals surface area contributed by atoms with Crippen LogP contribution in [0.2, 0.25) is 0 Å². The average molecular weight is 345 g/mol. The first-order valence-electron chi connectivity index (χ1n) is 7.55. The average Bonchev–Trinajstić information content (AvgIpc) is 3.04. The minimum absolute atomic E-state index is 0.0613. The van der Waals surface area contributed by atoms with Gasteiger partial charge in [-0.25, -0.2) is 13.2 Å². The molecular weight excluding hydrogens is 320 g/mol. The van der Waals surface area contributed by atoms with E-state index in [1.165, 1.54) is 16.7 Å². The number of nitrogens with zero attached hydrogens (tertiary/aromatic N) is 1. The molecule has 1 aromatic rings. The molecule has 2 rings (SSSR count). The third-order valence-corrected chi connectivity index (χ3v) is 7.33. The molecule has 2 atom stereocenters. The molecule has 0 saturated carbocycles. The smallest absolute Gasteiger partial charge is 0.317 e. The third kappa shape index (κ3) is 3.81. The molecule has 0 radical (unpaired) electrons. The Morgan fingerprint density at radius 2 is 2.23 bits per heavy atom. The number of amides is 2. The van der Waals surface area contributed by atoms with Crippen LogP contribution in [0, 0.1) is 6.92 Å². The van der Waals surface area contributed by atoms with Gasteiger partial charge >= 0.3 is 6.03 Å². The van der Waals surface area contributed by atoms with E-state index in [4.69, 9.17) is 0 Å². The van der Waals surface area contributed by atoms with Gasteiger partial charge in [0.2, 0.25) is 0 Å². The Bertz CT molecular complexity index is 652. The van der Waals surface area contributed by atoms with Crippen molar-refractivity contribution in [1.29, 1.82) is 0 Å². The van der Waals surface area contributed by atoms with Gasteiger partial charge < -0.3 is 10.2 Å². The summed E-state index contributed by atoms with van der Waals surface area (Å²) in [6.45, 7) is 6.97. The first kappa shape index (κ1) is 17.3. The number of hydrogen-bond acceptors (Lipinski definition) is 4. The first-order valence-corrected chi connectivity index (χ1v) is 10.3. The van der Waals surface area contributed by atoms with Crippen molar-refractivity contribution in [1.82, 2.24) is 10.2 Å². The molecule has 1 aromatic heterocycles. The van der Waals surface area contributed by atoms with E-state index in [9.17, 15) is 13.2 Å². The second-order valence-electron chi connectivity index (χ2n) is 5.97. The van der Waals surface area contributed by atoms with E-state index in [2.05, 4.69) is 25.2 Å². The van der Waals surface area contributed by atoms with Crippen LogP contribution in [-0.4, -0.2) is 43.9 Å². The monoisotopic (exact) mass is 344 g/mol. The van der Waals surface area contributed by atoms with E-state index in [0.717, 1.165) is 11.3 Å². The standard InChI is InChI=1S/C15H24N2O3S2/c1-5-13-10(2)8-14(21-13)11(3)16-15(18)17-7-6-12(9-17)22(4,19)20/h8,11-12H,5-7,9H2,1-4H3,(H,16,18)/t11-,12+/m1/s1. The predicted molar refractivity (Wildman–Crippen MR) is 90.2 cm³/mol. The summed E-state index contributed by atoms with van der Waals surface area (Å²) >= 11 is 1.73. The van der Waals surface area contributed by atoms with E-state index >= 15 is 0 Å². The lowest BCUT2D eigenvalue weighted by atomic mass is 10.2. The molecule has 0 spiro atoms. The minimum atomic E-state index is -3.07. The van der Waals surface area contributed by atoms with Crippen LogP contribution in [0.1, 0.15) is 41.6 Å². The molecule has 22 heavy (non-hydrogen) atoms. The fraction of sp³-hybridized carbons (Fsp3) is 0.667. The van der Waals surface area contributed by atoms with E-state index in [1.807, 2.05) is 6.92 Å². The predicted octanol–water partition coefficient (Wildman–Crippen LogP) is 2.51. The summed E-state index contributed by atoms with van der Waals surface area (Å²) in [6, 6.07) is 1.88. The van der Waals surface area contributed by atoms with E-state index in [0.29, 0.717) is 19.5 Å². The molecule has 0 unspecified atom stereocenters. The zero-order valence-electron chi connectivity index (χ0n) is 13.5. The first-order chi connectivity index (χ1) is 10.2. The quantitative estimate of drug-likeness (QED) is 0.912. The SMILES string of the molecule is CCc1sc([C@@H](C)NC(=O)N2CC[C@H](S(C)(=O)=O)C2)cc1C. The highest BCUT2D eigenvalue weighted by Gasteiger charge is 2.33. The highest BCUT2D eigenvalue weighted by Crippen LogP contribution is 2.27.